The molecule has 2 amide bonds. The summed E-state index contributed by atoms with van der Waals surface area (Å²) in [5, 5.41) is 13.2. The number of aromatic nitrogens is 2. The molecule has 3 atom stereocenters. The first-order valence-corrected chi connectivity index (χ1v) is 7.47. The molecular weight excluding hydrogens is 300 g/mol. The van der Waals surface area contributed by atoms with Crippen LogP contribution in [0, 0.1) is 5.92 Å². The summed E-state index contributed by atoms with van der Waals surface area (Å²) in [7, 11) is 4.92. The Morgan fingerprint density at radius 1 is 1.43 bits per heavy atom. The smallest absolute Gasteiger partial charge is 0.326 e. The molecule has 3 unspecified atom stereocenters. The predicted molar refractivity (Wildman–Crippen MR) is 81.3 cm³/mol. The predicted octanol–water partition coefficient (Wildman–Crippen LogP) is 0.261. The number of carboxylic acids is 1. The molecular formula is C15H22N4O4. The SMILES string of the molecule is CC(C(=O)O)N(C)C(=O)C1CCC(=O)N(C)C1c1cnn(C)c1. The van der Waals surface area contributed by atoms with Gasteiger partial charge in [0.05, 0.1) is 18.2 Å². The molecule has 2 heterocycles. The molecule has 0 aromatic carbocycles. The molecule has 1 fully saturated rings. The highest BCUT2D eigenvalue weighted by atomic mass is 16.4. The molecule has 0 aliphatic carbocycles. The fourth-order valence-corrected chi connectivity index (χ4v) is 2.96. The largest absolute Gasteiger partial charge is 0.480 e. The second-order valence-electron chi connectivity index (χ2n) is 6.01. The third-order valence-corrected chi connectivity index (χ3v) is 4.53. The summed E-state index contributed by atoms with van der Waals surface area (Å²) in [6, 6.07) is -1.35. The number of rotatable bonds is 4. The van der Waals surface area contributed by atoms with Gasteiger partial charge >= 0.3 is 5.97 Å². The molecule has 1 aliphatic rings. The highest BCUT2D eigenvalue weighted by molar-refractivity contribution is 5.87. The van der Waals surface area contributed by atoms with Gasteiger partial charge in [-0.25, -0.2) is 4.79 Å². The van der Waals surface area contributed by atoms with Gasteiger partial charge in [0.1, 0.15) is 6.04 Å². The third-order valence-electron chi connectivity index (χ3n) is 4.53. The van der Waals surface area contributed by atoms with Crippen molar-refractivity contribution in [2.75, 3.05) is 14.1 Å². The number of carbonyl (C=O) groups excluding carboxylic acids is 2. The Kier molecular flexibility index (Phi) is 4.72. The van der Waals surface area contributed by atoms with E-state index in [-0.39, 0.29) is 18.2 Å². The Balaban J connectivity index is 2.32. The average molecular weight is 322 g/mol. The highest BCUT2D eigenvalue weighted by Crippen LogP contribution is 2.36. The molecule has 8 nitrogen and oxygen atoms in total. The van der Waals surface area contributed by atoms with E-state index < -0.39 is 24.0 Å². The molecule has 2 rings (SSSR count). The number of piperidine rings is 1. The van der Waals surface area contributed by atoms with Crippen molar-refractivity contribution < 1.29 is 19.5 Å². The third kappa shape index (κ3) is 3.20. The summed E-state index contributed by atoms with van der Waals surface area (Å²) < 4.78 is 1.62. The molecule has 23 heavy (non-hydrogen) atoms. The molecule has 0 spiro atoms. The molecule has 1 N–H and O–H groups in total. The zero-order valence-corrected chi connectivity index (χ0v) is 13.8. The van der Waals surface area contributed by atoms with Crippen molar-refractivity contribution in [1.29, 1.82) is 0 Å². The van der Waals surface area contributed by atoms with Crippen LogP contribution in [0.1, 0.15) is 31.4 Å². The molecule has 1 aromatic rings. The van der Waals surface area contributed by atoms with E-state index in [9.17, 15) is 14.4 Å². The molecule has 1 aromatic heterocycles. The summed E-state index contributed by atoms with van der Waals surface area (Å²) >= 11 is 0. The first-order chi connectivity index (χ1) is 10.7. The maximum absolute atomic E-state index is 12.8. The van der Waals surface area contributed by atoms with Crippen molar-refractivity contribution in [3.05, 3.63) is 18.0 Å². The molecule has 0 radical (unpaired) electrons. The van der Waals surface area contributed by atoms with Crippen LogP contribution in [0.5, 0.6) is 0 Å². The van der Waals surface area contributed by atoms with Crippen LogP contribution in [0.4, 0.5) is 0 Å². The monoisotopic (exact) mass is 322 g/mol. The maximum atomic E-state index is 12.8. The van der Waals surface area contributed by atoms with Crippen molar-refractivity contribution in [3.63, 3.8) is 0 Å². The Labute approximate surface area is 134 Å². The lowest BCUT2D eigenvalue weighted by Crippen LogP contribution is -2.50. The van der Waals surface area contributed by atoms with Gasteiger partial charge in [-0.15, -0.1) is 0 Å². The molecule has 0 saturated carbocycles. The normalized spacial score (nSPS) is 22.8. The van der Waals surface area contributed by atoms with Crippen LogP contribution >= 0.6 is 0 Å². The Hall–Kier alpha value is -2.38. The van der Waals surface area contributed by atoms with Crippen LogP contribution in [-0.2, 0) is 21.4 Å². The molecule has 126 valence electrons. The van der Waals surface area contributed by atoms with Crippen LogP contribution in [0.15, 0.2) is 12.4 Å². The van der Waals surface area contributed by atoms with Gasteiger partial charge in [0.25, 0.3) is 0 Å². The molecule has 1 aliphatic heterocycles. The first-order valence-electron chi connectivity index (χ1n) is 7.47. The minimum Gasteiger partial charge on any atom is -0.480 e. The number of amides is 2. The number of carboxylic acid groups (broad SMARTS) is 1. The number of aliphatic carboxylic acids is 1. The van der Waals surface area contributed by atoms with Crippen LogP contribution < -0.4 is 0 Å². The van der Waals surface area contributed by atoms with Crippen LogP contribution in [0.3, 0.4) is 0 Å². The Morgan fingerprint density at radius 2 is 2.09 bits per heavy atom. The molecule has 0 bridgehead atoms. The van der Waals surface area contributed by atoms with Crippen molar-refractivity contribution in [2.45, 2.75) is 31.8 Å². The number of nitrogens with zero attached hydrogens (tertiary/aromatic N) is 4. The summed E-state index contributed by atoms with van der Waals surface area (Å²) in [5.74, 6) is -1.84. The van der Waals surface area contributed by atoms with Gasteiger partial charge in [0.15, 0.2) is 0 Å². The molecule has 8 heteroatoms. The zero-order valence-electron chi connectivity index (χ0n) is 13.8. The molecule has 1 saturated heterocycles. The average Bonchev–Trinajstić information content (AvgIpc) is 2.93. The van der Waals surface area contributed by atoms with E-state index in [1.807, 2.05) is 0 Å². The van der Waals surface area contributed by atoms with Crippen LogP contribution in [-0.4, -0.2) is 62.6 Å². The standard InChI is InChI=1S/C15H22N4O4/c1-9(15(22)23)18(3)14(21)11-5-6-12(20)19(4)13(11)10-7-16-17(2)8-10/h7-9,11,13H,5-6H2,1-4H3,(H,22,23). The summed E-state index contributed by atoms with van der Waals surface area (Å²) in [6.45, 7) is 1.47. The van der Waals surface area contributed by atoms with Crippen molar-refractivity contribution in [3.8, 4) is 0 Å². The summed E-state index contributed by atoms with van der Waals surface area (Å²) in [6.07, 6.45) is 4.10. The maximum Gasteiger partial charge on any atom is 0.326 e. The highest BCUT2D eigenvalue weighted by Gasteiger charge is 2.41. The number of likely N-dealkylation sites (N-methyl/N-ethyl adjacent to an activating group) is 1. The fraction of sp³-hybridized carbons (Fsp3) is 0.600. The first kappa shape index (κ1) is 17.0. The van der Waals surface area contributed by atoms with Gasteiger partial charge in [-0.1, -0.05) is 0 Å². The van der Waals surface area contributed by atoms with E-state index in [0.29, 0.717) is 6.42 Å². The lowest BCUT2D eigenvalue weighted by molar-refractivity contribution is -0.154. The van der Waals surface area contributed by atoms with E-state index in [0.717, 1.165) is 5.56 Å². The number of likely N-dealkylation sites (tertiary alicyclic amines) is 1. The van der Waals surface area contributed by atoms with Gasteiger partial charge < -0.3 is 14.9 Å². The zero-order chi connectivity index (χ0) is 17.3. The summed E-state index contributed by atoms with van der Waals surface area (Å²) in [4.78, 5) is 38.8. The van der Waals surface area contributed by atoms with Gasteiger partial charge in [-0.2, -0.15) is 5.10 Å². The van der Waals surface area contributed by atoms with Crippen molar-refractivity contribution in [2.24, 2.45) is 13.0 Å². The van der Waals surface area contributed by atoms with Crippen LogP contribution in [0.25, 0.3) is 0 Å². The summed E-state index contributed by atoms with van der Waals surface area (Å²) in [5.41, 5.74) is 0.776. The lowest BCUT2D eigenvalue weighted by atomic mass is 9.84. The van der Waals surface area contributed by atoms with Gasteiger partial charge in [-0.05, 0) is 13.3 Å². The van der Waals surface area contributed by atoms with E-state index >= 15 is 0 Å². The van der Waals surface area contributed by atoms with Gasteiger partial charge in [0, 0.05) is 39.3 Å². The van der Waals surface area contributed by atoms with E-state index in [2.05, 4.69) is 5.10 Å². The number of carbonyl (C=O) groups is 3. The topological polar surface area (TPSA) is 95.7 Å². The second kappa shape index (κ2) is 6.39. The minimum absolute atomic E-state index is 0.0307. The number of aryl methyl sites for hydroxylation is 1. The van der Waals surface area contributed by atoms with E-state index in [1.165, 1.54) is 18.9 Å². The Morgan fingerprint density at radius 3 is 2.61 bits per heavy atom. The second-order valence-corrected chi connectivity index (χ2v) is 6.01. The van der Waals surface area contributed by atoms with E-state index in [1.54, 1.807) is 36.1 Å². The van der Waals surface area contributed by atoms with Crippen molar-refractivity contribution >= 4 is 17.8 Å². The van der Waals surface area contributed by atoms with E-state index in [4.69, 9.17) is 5.11 Å². The van der Waals surface area contributed by atoms with Crippen LogP contribution in [0.2, 0.25) is 0 Å². The quantitative estimate of drug-likeness (QED) is 0.858. The fourth-order valence-electron chi connectivity index (χ4n) is 2.96. The minimum atomic E-state index is -1.06. The lowest BCUT2D eigenvalue weighted by Gasteiger charge is -2.39. The van der Waals surface area contributed by atoms with Gasteiger partial charge in [0.2, 0.25) is 11.8 Å². The van der Waals surface area contributed by atoms with Gasteiger partial charge in [-0.3, -0.25) is 14.3 Å². The Bertz CT molecular complexity index is 627. The number of hydrogen-bond acceptors (Lipinski definition) is 4. The van der Waals surface area contributed by atoms with Crippen molar-refractivity contribution in [1.82, 2.24) is 19.6 Å². The number of hydrogen-bond donors (Lipinski definition) is 1.